The van der Waals surface area contributed by atoms with Crippen LogP contribution in [0, 0.1) is 0 Å². The predicted octanol–water partition coefficient (Wildman–Crippen LogP) is 3.51. The van der Waals surface area contributed by atoms with Crippen molar-refractivity contribution < 1.29 is 23.8 Å². The summed E-state index contributed by atoms with van der Waals surface area (Å²) in [6.07, 6.45) is 3.28. The fraction of sp³-hybridized carbons (Fsp3) is 0.375. The smallest absolute Gasteiger partial charge is 0.280 e. The molecule has 1 aromatic heterocycles. The summed E-state index contributed by atoms with van der Waals surface area (Å²) in [7, 11) is 1.58. The molecule has 0 radical (unpaired) electrons. The number of hydrogen-bond donors (Lipinski definition) is 1. The predicted molar refractivity (Wildman–Crippen MR) is 126 cm³/mol. The molecule has 0 unspecified atom stereocenters. The van der Waals surface area contributed by atoms with Crippen LogP contribution in [0.4, 0.5) is 0 Å². The van der Waals surface area contributed by atoms with Gasteiger partial charge in [0.2, 0.25) is 0 Å². The van der Waals surface area contributed by atoms with E-state index in [2.05, 4.69) is 10.3 Å². The molecule has 2 amide bonds. The Hall–Kier alpha value is -3.33. The van der Waals surface area contributed by atoms with Gasteiger partial charge in [-0.05, 0) is 49.6 Å². The number of likely N-dealkylation sites (tertiary alicyclic amines) is 1. The van der Waals surface area contributed by atoms with Crippen molar-refractivity contribution >= 4 is 33.4 Å². The van der Waals surface area contributed by atoms with Crippen LogP contribution < -0.4 is 19.5 Å². The van der Waals surface area contributed by atoms with E-state index in [1.54, 1.807) is 19.2 Å². The highest BCUT2D eigenvalue weighted by Crippen LogP contribution is 2.27. The SMILES string of the molecule is COc1ccccc1OCCNC(=O)c1nc2ccc(OCC(=O)N3CCCCC3)cc2s1. The minimum Gasteiger partial charge on any atom is -0.493 e. The van der Waals surface area contributed by atoms with Crippen LogP contribution in [0.1, 0.15) is 29.1 Å². The molecule has 0 aliphatic carbocycles. The number of rotatable bonds is 9. The highest BCUT2D eigenvalue weighted by Gasteiger charge is 2.17. The van der Waals surface area contributed by atoms with Crippen molar-refractivity contribution in [2.24, 2.45) is 0 Å². The molecule has 1 aliphatic rings. The number of nitrogens with zero attached hydrogens (tertiary/aromatic N) is 2. The lowest BCUT2D eigenvalue weighted by Gasteiger charge is -2.26. The number of para-hydroxylation sites is 2. The normalized spacial score (nSPS) is 13.5. The van der Waals surface area contributed by atoms with Crippen molar-refractivity contribution in [3.05, 3.63) is 47.5 Å². The molecule has 9 heteroatoms. The average molecular weight is 470 g/mol. The van der Waals surface area contributed by atoms with Gasteiger partial charge in [-0.2, -0.15) is 0 Å². The van der Waals surface area contributed by atoms with Crippen LogP contribution in [0.2, 0.25) is 0 Å². The third-order valence-corrected chi connectivity index (χ3v) is 6.36. The van der Waals surface area contributed by atoms with E-state index in [4.69, 9.17) is 14.2 Å². The Labute approximate surface area is 196 Å². The lowest BCUT2D eigenvalue weighted by Crippen LogP contribution is -2.38. The number of carbonyl (C=O) groups excluding carboxylic acids is 2. The Morgan fingerprint density at radius 2 is 1.85 bits per heavy atom. The summed E-state index contributed by atoms with van der Waals surface area (Å²) < 4.78 is 17.4. The molecule has 2 aromatic carbocycles. The number of aromatic nitrogens is 1. The fourth-order valence-corrected chi connectivity index (χ4v) is 4.52. The van der Waals surface area contributed by atoms with Crippen LogP contribution in [0.5, 0.6) is 17.2 Å². The highest BCUT2D eigenvalue weighted by molar-refractivity contribution is 7.20. The molecule has 2 heterocycles. The van der Waals surface area contributed by atoms with Gasteiger partial charge in [-0.25, -0.2) is 4.98 Å². The maximum atomic E-state index is 12.5. The number of nitrogens with one attached hydrogen (secondary N) is 1. The van der Waals surface area contributed by atoms with E-state index in [-0.39, 0.29) is 18.4 Å². The molecule has 1 fully saturated rings. The number of amides is 2. The van der Waals surface area contributed by atoms with Crippen LogP contribution in [-0.4, -0.2) is 61.7 Å². The van der Waals surface area contributed by atoms with Crippen molar-refractivity contribution in [3.8, 4) is 17.2 Å². The van der Waals surface area contributed by atoms with Gasteiger partial charge in [-0.1, -0.05) is 12.1 Å². The quantitative estimate of drug-likeness (QED) is 0.483. The Balaban J connectivity index is 1.28. The average Bonchev–Trinajstić information content (AvgIpc) is 3.29. The van der Waals surface area contributed by atoms with Crippen LogP contribution >= 0.6 is 11.3 Å². The maximum absolute atomic E-state index is 12.5. The van der Waals surface area contributed by atoms with Crippen molar-refractivity contribution in [2.75, 3.05) is 40.0 Å². The second-order valence-electron chi connectivity index (χ2n) is 7.63. The molecule has 1 N–H and O–H groups in total. The zero-order valence-corrected chi connectivity index (χ0v) is 19.4. The number of piperidine rings is 1. The van der Waals surface area contributed by atoms with Crippen LogP contribution in [0.15, 0.2) is 42.5 Å². The second kappa shape index (κ2) is 11.0. The molecule has 1 aliphatic heterocycles. The van der Waals surface area contributed by atoms with E-state index >= 15 is 0 Å². The number of thiazole rings is 1. The summed E-state index contributed by atoms with van der Waals surface area (Å²) in [6.45, 7) is 2.26. The molecule has 3 aromatic rings. The Bertz CT molecular complexity index is 1110. The third-order valence-electron chi connectivity index (χ3n) is 5.34. The van der Waals surface area contributed by atoms with Gasteiger partial charge in [-0.15, -0.1) is 11.3 Å². The van der Waals surface area contributed by atoms with Gasteiger partial charge >= 0.3 is 0 Å². The lowest BCUT2D eigenvalue weighted by molar-refractivity contribution is -0.134. The van der Waals surface area contributed by atoms with Crippen LogP contribution in [0.25, 0.3) is 10.2 Å². The van der Waals surface area contributed by atoms with E-state index in [0.717, 1.165) is 30.6 Å². The molecule has 1 saturated heterocycles. The zero-order valence-electron chi connectivity index (χ0n) is 18.5. The Kier molecular flexibility index (Phi) is 7.62. The number of methoxy groups -OCH3 is 1. The molecule has 0 saturated carbocycles. The highest BCUT2D eigenvalue weighted by atomic mass is 32.1. The molecule has 33 heavy (non-hydrogen) atoms. The van der Waals surface area contributed by atoms with E-state index in [1.807, 2.05) is 35.2 Å². The first-order valence-corrected chi connectivity index (χ1v) is 11.8. The lowest BCUT2D eigenvalue weighted by atomic mass is 10.1. The summed E-state index contributed by atoms with van der Waals surface area (Å²) in [5.41, 5.74) is 0.713. The largest absolute Gasteiger partial charge is 0.493 e. The monoisotopic (exact) mass is 469 g/mol. The first-order chi connectivity index (χ1) is 16.1. The van der Waals surface area contributed by atoms with Gasteiger partial charge in [0.15, 0.2) is 23.1 Å². The molecule has 0 spiro atoms. The van der Waals surface area contributed by atoms with Gasteiger partial charge < -0.3 is 24.4 Å². The van der Waals surface area contributed by atoms with E-state index in [9.17, 15) is 9.59 Å². The summed E-state index contributed by atoms with van der Waals surface area (Å²) in [6, 6.07) is 12.7. The summed E-state index contributed by atoms with van der Waals surface area (Å²) in [5.74, 6) is 1.61. The summed E-state index contributed by atoms with van der Waals surface area (Å²) >= 11 is 1.28. The van der Waals surface area contributed by atoms with Gasteiger partial charge in [-0.3, -0.25) is 9.59 Å². The van der Waals surface area contributed by atoms with Crippen LogP contribution in [0.3, 0.4) is 0 Å². The van der Waals surface area contributed by atoms with Gasteiger partial charge in [0.1, 0.15) is 12.4 Å². The molecule has 0 bridgehead atoms. The molecule has 0 atom stereocenters. The third kappa shape index (κ3) is 5.92. The van der Waals surface area contributed by atoms with E-state index in [0.29, 0.717) is 40.9 Å². The first-order valence-electron chi connectivity index (χ1n) is 11.0. The standard InChI is InChI=1S/C24H27N3O5S/c1-30-19-7-3-4-8-20(19)31-14-11-25-23(29)24-26-18-10-9-17(15-21(18)33-24)32-16-22(28)27-12-5-2-6-13-27/h3-4,7-10,15H,2,5-6,11-14,16H2,1H3,(H,25,29). The van der Waals surface area contributed by atoms with Crippen LogP contribution in [-0.2, 0) is 4.79 Å². The van der Waals surface area contributed by atoms with E-state index in [1.165, 1.54) is 17.8 Å². The van der Waals surface area contributed by atoms with Gasteiger partial charge in [0.25, 0.3) is 11.8 Å². The van der Waals surface area contributed by atoms with E-state index < -0.39 is 0 Å². The number of carbonyl (C=O) groups is 2. The number of benzene rings is 2. The minimum atomic E-state index is -0.262. The molecule has 174 valence electrons. The van der Waals surface area contributed by atoms with Gasteiger partial charge in [0.05, 0.1) is 23.9 Å². The number of fused-ring (bicyclic) bond motifs is 1. The Morgan fingerprint density at radius 3 is 2.64 bits per heavy atom. The maximum Gasteiger partial charge on any atom is 0.280 e. The first kappa shape index (κ1) is 22.8. The molecule has 4 rings (SSSR count). The topological polar surface area (TPSA) is 90.0 Å². The minimum absolute atomic E-state index is 0.00881. The van der Waals surface area contributed by atoms with Crippen molar-refractivity contribution in [2.45, 2.75) is 19.3 Å². The van der Waals surface area contributed by atoms with Crippen molar-refractivity contribution in [1.82, 2.24) is 15.2 Å². The Morgan fingerprint density at radius 1 is 1.06 bits per heavy atom. The molecular weight excluding hydrogens is 442 g/mol. The second-order valence-corrected chi connectivity index (χ2v) is 8.66. The molecular formula is C24H27N3O5S. The number of ether oxygens (including phenoxy) is 3. The number of hydrogen-bond acceptors (Lipinski definition) is 7. The zero-order chi connectivity index (χ0) is 23.0. The van der Waals surface area contributed by atoms with Gasteiger partial charge in [0, 0.05) is 13.1 Å². The molecule has 8 nitrogen and oxygen atoms in total. The van der Waals surface area contributed by atoms with Crippen molar-refractivity contribution in [1.29, 1.82) is 0 Å². The summed E-state index contributed by atoms with van der Waals surface area (Å²) in [4.78, 5) is 31.1. The van der Waals surface area contributed by atoms with Crippen molar-refractivity contribution in [3.63, 3.8) is 0 Å². The fourth-order valence-electron chi connectivity index (χ4n) is 3.61. The summed E-state index contributed by atoms with van der Waals surface area (Å²) in [5, 5.41) is 3.19.